The van der Waals surface area contributed by atoms with E-state index in [1.54, 1.807) is 30.3 Å². The van der Waals surface area contributed by atoms with Gasteiger partial charge in [0.1, 0.15) is 12.1 Å². The van der Waals surface area contributed by atoms with E-state index in [-0.39, 0.29) is 18.9 Å². The predicted molar refractivity (Wildman–Crippen MR) is 92.5 cm³/mol. The zero-order chi connectivity index (χ0) is 18.7. The van der Waals surface area contributed by atoms with Crippen molar-refractivity contribution in [1.29, 1.82) is 0 Å². The highest BCUT2D eigenvalue weighted by Gasteiger charge is 2.52. The second-order valence-corrected chi connectivity index (χ2v) is 6.64. The number of urea groups is 1. The van der Waals surface area contributed by atoms with Crippen molar-refractivity contribution in [1.82, 2.24) is 10.2 Å². The number of aliphatic carboxylic acids is 1. The largest absolute Gasteiger partial charge is 0.480 e. The molecule has 0 radical (unpaired) electrons. The van der Waals surface area contributed by atoms with Gasteiger partial charge in [-0.25, -0.2) is 4.79 Å². The second-order valence-electron chi connectivity index (χ2n) is 6.64. The quantitative estimate of drug-likeness (QED) is 0.746. The van der Waals surface area contributed by atoms with Gasteiger partial charge in [0, 0.05) is 18.7 Å². The molecule has 138 valence electrons. The van der Waals surface area contributed by atoms with Gasteiger partial charge in [0.25, 0.3) is 5.91 Å². The Kier molecular flexibility index (Phi) is 4.92. The van der Waals surface area contributed by atoms with Crippen LogP contribution >= 0.6 is 0 Å². The first-order valence-corrected chi connectivity index (χ1v) is 8.64. The molecule has 0 unspecified atom stereocenters. The summed E-state index contributed by atoms with van der Waals surface area (Å²) in [6.07, 6.45) is 2.89. The number of carboxylic acids is 1. The molecule has 1 saturated heterocycles. The maximum Gasteiger partial charge on any atom is 0.325 e. The summed E-state index contributed by atoms with van der Waals surface area (Å²) >= 11 is 0. The molecule has 3 rings (SSSR count). The molecule has 2 N–H and O–H groups in total. The minimum Gasteiger partial charge on any atom is -0.480 e. The fourth-order valence-electron chi connectivity index (χ4n) is 3.61. The Morgan fingerprint density at radius 2 is 1.81 bits per heavy atom. The van der Waals surface area contributed by atoms with Crippen LogP contribution in [0.15, 0.2) is 30.3 Å². The van der Waals surface area contributed by atoms with Crippen LogP contribution in [0.25, 0.3) is 0 Å². The number of para-hydroxylation sites is 1. The average molecular weight is 359 g/mol. The van der Waals surface area contributed by atoms with Crippen LogP contribution in [0.5, 0.6) is 0 Å². The molecular weight excluding hydrogens is 338 g/mol. The van der Waals surface area contributed by atoms with Gasteiger partial charge in [-0.15, -0.1) is 0 Å². The van der Waals surface area contributed by atoms with Crippen molar-refractivity contribution in [3.8, 4) is 0 Å². The first kappa shape index (κ1) is 17.9. The minimum absolute atomic E-state index is 0.0613. The standard InChI is InChI=1S/C18H21N3O5/c22-14(21(12-15(23)24)13-6-2-1-3-7-13)8-11-20-16(25)18(19-17(20)26)9-4-5-10-18/h1-3,6-7H,4-5,8-12H2,(H,19,26)(H,23,24). The maximum atomic E-state index is 12.6. The molecular formula is C18H21N3O5. The lowest BCUT2D eigenvalue weighted by Gasteiger charge is -2.23. The Morgan fingerprint density at radius 1 is 1.15 bits per heavy atom. The van der Waals surface area contributed by atoms with E-state index in [1.165, 1.54) is 0 Å². The van der Waals surface area contributed by atoms with Crippen molar-refractivity contribution in [2.24, 2.45) is 0 Å². The first-order chi connectivity index (χ1) is 12.4. The first-order valence-electron chi connectivity index (χ1n) is 8.64. The fraction of sp³-hybridized carbons (Fsp3) is 0.444. The van der Waals surface area contributed by atoms with Gasteiger partial charge in [-0.3, -0.25) is 19.3 Å². The Hall–Kier alpha value is -2.90. The SMILES string of the molecule is O=C(O)CN(C(=O)CCN1C(=O)NC2(CCCC2)C1=O)c1ccccc1. The van der Waals surface area contributed by atoms with Gasteiger partial charge < -0.3 is 15.3 Å². The van der Waals surface area contributed by atoms with Gasteiger partial charge in [0.05, 0.1) is 0 Å². The Balaban J connectivity index is 1.67. The molecule has 0 aromatic heterocycles. The van der Waals surface area contributed by atoms with Gasteiger partial charge in [-0.1, -0.05) is 31.0 Å². The third-order valence-corrected chi connectivity index (χ3v) is 4.91. The normalized spacial score (nSPS) is 18.2. The van der Waals surface area contributed by atoms with Crippen LogP contribution in [0, 0.1) is 0 Å². The number of hydrogen-bond donors (Lipinski definition) is 2. The predicted octanol–water partition coefficient (Wildman–Crippen LogP) is 1.36. The topological polar surface area (TPSA) is 107 Å². The lowest BCUT2D eigenvalue weighted by atomic mass is 9.98. The van der Waals surface area contributed by atoms with Crippen LogP contribution in [0.1, 0.15) is 32.1 Å². The van der Waals surface area contributed by atoms with Crippen LogP contribution in [-0.2, 0) is 14.4 Å². The molecule has 26 heavy (non-hydrogen) atoms. The zero-order valence-electron chi connectivity index (χ0n) is 14.3. The molecule has 2 fully saturated rings. The van der Waals surface area contributed by atoms with Crippen LogP contribution < -0.4 is 10.2 Å². The van der Waals surface area contributed by atoms with Crippen LogP contribution in [0.2, 0.25) is 0 Å². The van der Waals surface area contributed by atoms with Crippen molar-refractivity contribution < 1.29 is 24.3 Å². The summed E-state index contributed by atoms with van der Waals surface area (Å²) in [6.45, 7) is -0.541. The van der Waals surface area contributed by atoms with E-state index in [4.69, 9.17) is 5.11 Å². The Bertz CT molecular complexity index is 728. The van der Waals surface area contributed by atoms with Crippen molar-refractivity contribution in [3.05, 3.63) is 30.3 Å². The van der Waals surface area contributed by atoms with Crippen molar-refractivity contribution >= 4 is 29.5 Å². The van der Waals surface area contributed by atoms with Crippen molar-refractivity contribution in [3.63, 3.8) is 0 Å². The van der Waals surface area contributed by atoms with Gasteiger partial charge in [0.15, 0.2) is 0 Å². The third kappa shape index (κ3) is 3.40. The van der Waals surface area contributed by atoms with Crippen molar-refractivity contribution in [2.75, 3.05) is 18.0 Å². The molecule has 1 heterocycles. The van der Waals surface area contributed by atoms with Gasteiger partial charge in [-0.05, 0) is 25.0 Å². The van der Waals surface area contributed by atoms with E-state index < -0.39 is 30.0 Å². The minimum atomic E-state index is -1.14. The van der Waals surface area contributed by atoms with Crippen LogP contribution in [-0.4, -0.2) is 52.4 Å². The van der Waals surface area contributed by atoms with Crippen LogP contribution in [0.4, 0.5) is 10.5 Å². The molecule has 8 heteroatoms. The van der Waals surface area contributed by atoms with E-state index >= 15 is 0 Å². The van der Waals surface area contributed by atoms with Crippen LogP contribution in [0.3, 0.4) is 0 Å². The van der Waals surface area contributed by atoms with Crippen molar-refractivity contribution in [2.45, 2.75) is 37.6 Å². The summed E-state index contributed by atoms with van der Waals surface area (Å²) in [7, 11) is 0. The molecule has 1 aliphatic carbocycles. The van der Waals surface area contributed by atoms with E-state index in [1.807, 2.05) is 0 Å². The number of amides is 4. The number of hydrogen-bond acceptors (Lipinski definition) is 4. The number of anilines is 1. The number of nitrogens with one attached hydrogen (secondary N) is 1. The second kappa shape index (κ2) is 7.15. The molecule has 1 aromatic rings. The number of imide groups is 1. The molecule has 8 nitrogen and oxygen atoms in total. The summed E-state index contributed by atoms with van der Waals surface area (Å²) in [5, 5.41) is 11.8. The monoisotopic (exact) mass is 359 g/mol. The summed E-state index contributed by atoms with van der Waals surface area (Å²) < 4.78 is 0. The number of rotatable bonds is 6. The Labute approximate surface area is 150 Å². The summed E-state index contributed by atoms with van der Waals surface area (Å²) in [6, 6.07) is 7.98. The zero-order valence-corrected chi connectivity index (χ0v) is 14.3. The summed E-state index contributed by atoms with van der Waals surface area (Å²) in [5.41, 5.74) is -0.343. The maximum absolute atomic E-state index is 12.6. The lowest BCUT2D eigenvalue weighted by molar-refractivity contribution is -0.137. The lowest BCUT2D eigenvalue weighted by Crippen LogP contribution is -2.44. The Morgan fingerprint density at radius 3 is 2.42 bits per heavy atom. The number of carbonyl (C=O) groups is 4. The number of carboxylic acid groups (broad SMARTS) is 1. The highest BCUT2D eigenvalue weighted by atomic mass is 16.4. The number of nitrogens with zero attached hydrogens (tertiary/aromatic N) is 2. The highest BCUT2D eigenvalue weighted by molar-refractivity contribution is 6.07. The fourth-order valence-corrected chi connectivity index (χ4v) is 3.61. The molecule has 0 bridgehead atoms. The van der Waals surface area contributed by atoms with Gasteiger partial charge in [0.2, 0.25) is 5.91 Å². The highest BCUT2D eigenvalue weighted by Crippen LogP contribution is 2.35. The average Bonchev–Trinajstić information content (AvgIpc) is 3.17. The van der Waals surface area contributed by atoms with Gasteiger partial charge in [-0.2, -0.15) is 0 Å². The summed E-state index contributed by atoms with van der Waals surface area (Å²) in [4.78, 5) is 50.6. The van der Waals surface area contributed by atoms with E-state index in [0.717, 1.165) is 22.6 Å². The summed E-state index contributed by atoms with van der Waals surface area (Å²) in [5.74, 6) is -1.87. The molecule has 1 saturated carbocycles. The molecule has 2 aliphatic rings. The van der Waals surface area contributed by atoms with Gasteiger partial charge >= 0.3 is 12.0 Å². The number of benzene rings is 1. The molecule has 0 atom stereocenters. The smallest absolute Gasteiger partial charge is 0.325 e. The van der Waals surface area contributed by atoms with E-state index in [9.17, 15) is 19.2 Å². The molecule has 1 aromatic carbocycles. The number of carbonyl (C=O) groups excluding carboxylic acids is 3. The molecule has 1 spiro atoms. The van der Waals surface area contributed by atoms with E-state index in [0.29, 0.717) is 18.5 Å². The molecule has 4 amide bonds. The third-order valence-electron chi connectivity index (χ3n) is 4.91. The van der Waals surface area contributed by atoms with E-state index in [2.05, 4.69) is 5.32 Å². The molecule has 1 aliphatic heterocycles.